The molecule has 0 amide bonds. The smallest absolute Gasteiger partial charge is 0.123 e. The SMILES string of the molecule is CCN(CC)c1cc2ccc(F)cc2c(N(CC)CC)c1-c1ccc(F)cc1. The van der Waals surface area contributed by atoms with E-state index in [-0.39, 0.29) is 11.6 Å². The molecule has 0 N–H and O–H groups in total. The van der Waals surface area contributed by atoms with Crippen molar-refractivity contribution < 1.29 is 8.78 Å². The number of nitrogens with zero attached hydrogens (tertiary/aromatic N) is 2. The second-order valence-corrected chi connectivity index (χ2v) is 6.84. The van der Waals surface area contributed by atoms with E-state index in [1.54, 1.807) is 6.07 Å². The summed E-state index contributed by atoms with van der Waals surface area (Å²) in [6.45, 7) is 11.8. The summed E-state index contributed by atoms with van der Waals surface area (Å²) in [4.78, 5) is 4.56. The van der Waals surface area contributed by atoms with Gasteiger partial charge in [-0.05, 0) is 69.0 Å². The zero-order valence-electron chi connectivity index (χ0n) is 17.1. The first-order valence-corrected chi connectivity index (χ1v) is 10.1. The lowest BCUT2D eigenvalue weighted by Crippen LogP contribution is -2.26. The maximum Gasteiger partial charge on any atom is 0.123 e. The number of anilines is 2. The summed E-state index contributed by atoms with van der Waals surface area (Å²) in [6, 6.07) is 13.7. The Morgan fingerprint density at radius 1 is 0.679 bits per heavy atom. The molecule has 0 fully saturated rings. The number of rotatable bonds is 7. The van der Waals surface area contributed by atoms with Crippen LogP contribution in [0.1, 0.15) is 27.7 Å². The van der Waals surface area contributed by atoms with E-state index in [1.807, 2.05) is 18.2 Å². The van der Waals surface area contributed by atoms with E-state index < -0.39 is 0 Å². The Hall–Kier alpha value is -2.62. The van der Waals surface area contributed by atoms with Crippen LogP contribution in [0.4, 0.5) is 20.2 Å². The third kappa shape index (κ3) is 3.68. The molecule has 0 radical (unpaired) electrons. The molecule has 0 aliphatic rings. The Morgan fingerprint density at radius 3 is 1.82 bits per heavy atom. The molecule has 28 heavy (non-hydrogen) atoms. The van der Waals surface area contributed by atoms with Crippen molar-refractivity contribution in [3.63, 3.8) is 0 Å². The second kappa shape index (κ2) is 8.59. The van der Waals surface area contributed by atoms with Crippen molar-refractivity contribution in [2.75, 3.05) is 36.0 Å². The molecule has 0 saturated heterocycles. The maximum atomic E-state index is 14.2. The van der Waals surface area contributed by atoms with E-state index in [2.05, 4.69) is 43.6 Å². The lowest BCUT2D eigenvalue weighted by Gasteiger charge is -2.32. The molecule has 148 valence electrons. The molecule has 0 aliphatic carbocycles. The number of benzene rings is 3. The van der Waals surface area contributed by atoms with Crippen LogP contribution in [0.3, 0.4) is 0 Å². The van der Waals surface area contributed by atoms with Gasteiger partial charge >= 0.3 is 0 Å². The van der Waals surface area contributed by atoms with Gasteiger partial charge in [0.2, 0.25) is 0 Å². The van der Waals surface area contributed by atoms with Gasteiger partial charge in [0.15, 0.2) is 0 Å². The molecule has 0 aromatic heterocycles. The van der Waals surface area contributed by atoms with Crippen LogP contribution in [0.15, 0.2) is 48.5 Å². The molecule has 0 unspecified atom stereocenters. The van der Waals surface area contributed by atoms with Gasteiger partial charge < -0.3 is 9.80 Å². The van der Waals surface area contributed by atoms with Crippen LogP contribution in [0.5, 0.6) is 0 Å². The summed E-state index contributed by atoms with van der Waals surface area (Å²) in [7, 11) is 0. The summed E-state index contributed by atoms with van der Waals surface area (Å²) in [5.74, 6) is -0.508. The molecule has 0 aliphatic heterocycles. The van der Waals surface area contributed by atoms with E-state index in [0.717, 1.165) is 59.5 Å². The van der Waals surface area contributed by atoms with Gasteiger partial charge in [-0.15, -0.1) is 0 Å². The molecule has 0 atom stereocenters. The Bertz CT molecular complexity index is 943. The first-order valence-electron chi connectivity index (χ1n) is 10.1. The van der Waals surface area contributed by atoms with Crippen LogP contribution in [0.2, 0.25) is 0 Å². The minimum Gasteiger partial charge on any atom is -0.372 e. The Kier molecular flexibility index (Phi) is 6.18. The highest BCUT2D eigenvalue weighted by atomic mass is 19.1. The van der Waals surface area contributed by atoms with Crippen LogP contribution in [-0.2, 0) is 0 Å². The second-order valence-electron chi connectivity index (χ2n) is 6.84. The highest BCUT2D eigenvalue weighted by Gasteiger charge is 2.21. The molecule has 0 saturated carbocycles. The molecule has 0 spiro atoms. The van der Waals surface area contributed by atoms with Crippen LogP contribution in [0.25, 0.3) is 21.9 Å². The van der Waals surface area contributed by atoms with Crippen molar-refractivity contribution in [3.05, 3.63) is 60.2 Å². The van der Waals surface area contributed by atoms with Gasteiger partial charge in [-0.25, -0.2) is 8.78 Å². The molecule has 0 heterocycles. The molecule has 2 nitrogen and oxygen atoms in total. The van der Waals surface area contributed by atoms with Crippen molar-refractivity contribution in [1.29, 1.82) is 0 Å². The van der Waals surface area contributed by atoms with E-state index in [0.29, 0.717) is 0 Å². The van der Waals surface area contributed by atoms with Gasteiger partial charge in [0.05, 0.1) is 5.69 Å². The molecule has 4 heteroatoms. The summed E-state index contributed by atoms with van der Waals surface area (Å²) < 4.78 is 27.8. The molecular weight excluding hydrogens is 354 g/mol. The van der Waals surface area contributed by atoms with Gasteiger partial charge in [-0.2, -0.15) is 0 Å². The van der Waals surface area contributed by atoms with Crippen molar-refractivity contribution in [1.82, 2.24) is 0 Å². The zero-order valence-corrected chi connectivity index (χ0v) is 17.1. The largest absolute Gasteiger partial charge is 0.372 e. The topological polar surface area (TPSA) is 6.48 Å². The highest BCUT2D eigenvalue weighted by molar-refractivity contribution is 6.07. The zero-order chi connectivity index (χ0) is 20.3. The summed E-state index contributed by atoms with van der Waals surface area (Å²) in [6.07, 6.45) is 0. The third-order valence-electron chi connectivity index (χ3n) is 5.37. The monoisotopic (exact) mass is 382 g/mol. The molecule has 0 bridgehead atoms. The minimum absolute atomic E-state index is 0.249. The average molecular weight is 382 g/mol. The third-order valence-corrected chi connectivity index (χ3v) is 5.37. The van der Waals surface area contributed by atoms with E-state index in [9.17, 15) is 8.78 Å². The van der Waals surface area contributed by atoms with E-state index in [1.165, 1.54) is 18.2 Å². The first kappa shape index (κ1) is 20.1. The number of halogens is 2. The van der Waals surface area contributed by atoms with Crippen LogP contribution >= 0.6 is 0 Å². The standard InChI is InChI=1S/C24H28F2N2/c1-5-27(6-2)22-15-18-11-14-20(26)16-21(18)24(28(7-3)8-4)23(22)17-9-12-19(25)13-10-17/h9-16H,5-8H2,1-4H3. The lowest BCUT2D eigenvalue weighted by atomic mass is 9.94. The minimum atomic E-state index is -0.260. The van der Waals surface area contributed by atoms with Gasteiger partial charge in [0, 0.05) is 42.8 Å². The Balaban J connectivity index is 2.47. The lowest BCUT2D eigenvalue weighted by molar-refractivity contribution is 0.628. The normalized spacial score (nSPS) is 11.1. The molecule has 3 aromatic rings. The number of fused-ring (bicyclic) bond motifs is 1. The summed E-state index contributed by atoms with van der Waals surface area (Å²) in [5.41, 5.74) is 4.08. The van der Waals surface area contributed by atoms with Crippen LogP contribution in [0, 0.1) is 11.6 Å². The first-order chi connectivity index (χ1) is 13.5. The predicted octanol–water partition coefficient (Wildman–Crippen LogP) is 6.48. The van der Waals surface area contributed by atoms with Crippen molar-refractivity contribution in [2.45, 2.75) is 27.7 Å². The number of hydrogen-bond donors (Lipinski definition) is 0. The fourth-order valence-corrected chi connectivity index (χ4v) is 3.92. The van der Waals surface area contributed by atoms with Crippen LogP contribution in [-0.4, -0.2) is 26.2 Å². The maximum absolute atomic E-state index is 14.2. The quantitative estimate of drug-likeness (QED) is 0.461. The van der Waals surface area contributed by atoms with Crippen molar-refractivity contribution in [2.24, 2.45) is 0 Å². The summed E-state index contributed by atoms with van der Waals surface area (Å²) >= 11 is 0. The fourth-order valence-electron chi connectivity index (χ4n) is 3.92. The Labute approximate surface area is 166 Å². The fraction of sp³-hybridized carbons (Fsp3) is 0.333. The number of hydrogen-bond acceptors (Lipinski definition) is 2. The van der Waals surface area contributed by atoms with Gasteiger partial charge in [0.25, 0.3) is 0 Å². The Morgan fingerprint density at radius 2 is 1.25 bits per heavy atom. The molecule has 3 rings (SSSR count). The molecule has 3 aromatic carbocycles. The van der Waals surface area contributed by atoms with E-state index in [4.69, 9.17) is 0 Å². The van der Waals surface area contributed by atoms with Gasteiger partial charge in [-0.3, -0.25) is 0 Å². The van der Waals surface area contributed by atoms with Crippen molar-refractivity contribution in [3.8, 4) is 11.1 Å². The van der Waals surface area contributed by atoms with Gasteiger partial charge in [-0.1, -0.05) is 18.2 Å². The van der Waals surface area contributed by atoms with Crippen LogP contribution < -0.4 is 9.80 Å². The summed E-state index contributed by atoms with van der Waals surface area (Å²) in [5, 5.41) is 1.90. The average Bonchev–Trinajstić information content (AvgIpc) is 2.71. The van der Waals surface area contributed by atoms with Crippen molar-refractivity contribution >= 4 is 22.1 Å². The van der Waals surface area contributed by atoms with E-state index >= 15 is 0 Å². The molecular formula is C24H28F2N2. The van der Waals surface area contributed by atoms with Gasteiger partial charge in [0.1, 0.15) is 11.6 Å². The predicted molar refractivity (Wildman–Crippen MR) is 116 cm³/mol. The highest BCUT2D eigenvalue weighted by Crippen LogP contribution is 2.45.